The number of anilines is 1. The van der Waals surface area contributed by atoms with E-state index in [1.807, 2.05) is 0 Å². The highest BCUT2D eigenvalue weighted by Crippen LogP contribution is 2.30. The molecule has 2 amide bonds. The van der Waals surface area contributed by atoms with Crippen LogP contribution in [0.5, 0.6) is 0 Å². The topological polar surface area (TPSA) is 95.9 Å². The van der Waals surface area contributed by atoms with Gasteiger partial charge < -0.3 is 20.1 Å². The first-order valence-corrected chi connectivity index (χ1v) is 6.94. The van der Waals surface area contributed by atoms with Gasteiger partial charge in [-0.25, -0.2) is 14.0 Å². The molecule has 1 aromatic carbocycles. The molecule has 7 nitrogen and oxygen atoms in total. The largest absolute Gasteiger partial charge is 0.481 e. The van der Waals surface area contributed by atoms with E-state index >= 15 is 0 Å². The lowest BCUT2D eigenvalue weighted by molar-refractivity contribution is -0.146. The normalized spacial score (nSPS) is 20.2. The number of carbonyl (C=O) groups is 3. The number of nitrogens with zero attached hydrogens (tertiary/aromatic N) is 1. The van der Waals surface area contributed by atoms with Gasteiger partial charge in [0.15, 0.2) is 0 Å². The van der Waals surface area contributed by atoms with Crippen LogP contribution in [-0.2, 0) is 9.53 Å². The van der Waals surface area contributed by atoms with E-state index in [0.29, 0.717) is 6.42 Å². The van der Waals surface area contributed by atoms with Gasteiger partial charge in [0.2, 0.25) is 0 Å². The van der Waals surface area contributed by atoms with Crippen molar-refractivity contribution in [1.82, 2.24) is 4.90 Å². The molecular formula is C15H17FN2O5. The summed E-state index contributed by atoms with van der Waals surface area (Å²) >= 11 is 0. The highest BCUT2D eigenvalue weighted by atomic mass is 19.1. The molecular weight excluding hydrogens is 307 g/mol. The van der Waals surface area contributed by atoms with Crippen molar-refractivity contribution in [2.24, 2.45) is 5.41 Å². The van der Waals surface area contributed by atoms with Crippen LogP contribution in [0.25, 0.3) is 0 Å². The summed E-state index contributed by atoms with van der Waals surface area (Å²) < 4.78 is 18.4. The number of methoxy groups -OCH3 is 1. The second kappa shape index (κ2) is 6.23. The lowest BCUT2D eigenvalue weighted by atomic mass is 9.90. The summed E-state index contributed by atoms with van der Waals surface area (Å²) in [5.74, 6) is -2.43. The molecule has 0 spiro atoms. The predicted molar refractivity (Wildman–Crippen MR) is 78.7 cm³/mol. The molecule has 23 heavy (non-hydrogen) atoms. The summed E-state index contributed by atoms with van der Waals surface area (Å²) in [6, 6.07) is 2.97. The van der Waals surface area contributed by atoms with Gasteiger partial charge in [-0.05, 0) is 31.5 Å². The van der Waals surface area contributed by atoms with Crippen molar-refractivity contribution in [3.8, 4) is 0 Å². The maximum atomic E-state index is 13.9. The lowest BCUT2D eigenvalue weighted by Crippen LogP contribution is -2.37. The molecule has 1 fully saturated rings. The summed E-state index contributed by atoms with van der Waals surface area (Å²) in [7, 11) is 1.18. The number of hydrogen-bond acceptors (Lipinski definition) is 4. The smallest absolute Gasteiger partial charge is 0.337 e. The Morgan fingerprint density at radius 3 is 2.61 bits per heavy atom. The third-order valence-electron chi connectivity index (χ3n) is 3.91. The van der Waals surface area contributed by atoms with Gasteiger partial charge in [0, 0.05) is 13.1 Å². The Labute approximate surface area is 132 Å². The van der Waals surface area contributed by atoms with Gasteiger partial charge in [-0.3, -0.25) is 4.79 Å². The number of halogens is 1. The van der Waals surface area contributed by atoms with E-state index in [2.05, 4.69) is 10.1 Å². The van der Waals surface area contributed by atoms with Crippen molar-refractivity contribution in [2.75, 3.05) is 25.5 Å². The number of carboxylic acid groups (broad SMARTS) is 1. The quantitative estimate of drug-likeness (QED) is 0.828. The Balaban J connectivity index is 2.07. The van der Waals surface area contributed by atoms with Crippen LogP contribution in [0.3, 0.4) is 0 Å². The van der Waals surface area contributed by atoms with Crippen molar-refractivity contribution in [3.05, 3.63) is 29.6 Å². The second-order valence-electron chi connectivity index (χ2n) is 5.65. The standard InChI is InChI=1S/C15H17FN2O5/c1-15(13(20)21)5-6-18(8-15)14(22)17-11-4-3-9(7-10(11)16)12(19)23-2/h3-4,7H,5-6,8H2,1-2H3,(H,17,22)(H,20,21). The van der Waals surface area contributed by atoms with E-state index in [1.165, 1.54) is 24.1 Å². The number of amides is 2. The Morgan fingerprint density at radius 2 is 2.09 bits per heavy atom. The zero-order valence-electron chi connectivity index (χ0n) is 12.8. The van der Waals surface area contributed by atoms with Gasteiger partial charge >= 0.3 is 18.0 Å². The van der Waals surface area contributed by atoms with Gasteiger partial charge in [0.05, 0.1) is 23.8 Å². The number of ether oxygens (including phenoxy) is 1. The number of hydrogen-bond donors (Lipinski definition) is 2. The molecule has 8 heteroatoms. The van der Waals surface area contributed by atoms with E-state index in [-0.39, 0.29) is 24.3 Å². The lowest BCUT2D eigenvalue weighted by Gasteiger charge is -2.20. The van der Waals surface area contributed by atoms with Crippen LogP contribution < -0.4 is 5.32 Å². The number of rotatable bonds is 3. The van der Waals surface area contributed by atoms with Crippen molar-refractivity contribution < 1.29 is 28.6 Å². The molecule has 1 aliphatic heterocycles. The van der Waals surface area contributed by atoms with E-state index in [4.69, 9.17) is 5.11 Å². The number of likely N-dealkylation sites (tertiary alicyclic amines) is 1. The maximum Gasteiger partial charge on any atom is 0.337 e. The molecule has 1 saturated heterocycles. The molecule has 0 bridgehead atoms. The fourth-order valence-corrected chi connectivity index (χ4v) is 2.36. The molecule has 1 heterocycles. The Bertz CT molecular complexity index is 663. The van der Waals surface area contributed by atoms with Crippen molar-refractivity contribution >= 4 is 23.7 Å². The summed E-state index contributed by atoms with van der Waals surface area (Å²) in [5, 5.41) is 11.5. The SMILES string of the molecule is COC(=O)c1ccc(NC(=O)N2CCC(C)(C(=O)O)C2)c(F)c1. The van der Waals surface area contributed by atoms with Crippen LogP contribution in [0, 0.1) is 11.2 Å². The van der Waals surface area contributed by atoms with Gasteiger partial charge in [-0.15, -0.1) is 0 Å². The van der Waals surface area contributed by atoms with Crippen LogP contribution in [0.2, 0.25) is 0 Å². The highest BCUT2D eigenvalue weighted by molar-refractivity contribution is 5.93. The van der Waals surface area contributed by atoms with E-state index in [0.717, 1.165) is 6.07 Å². The first-order chi connectivity index (χ1) is 10.8. The van der Waals surface area contributed by atoms with E-state index in [1.54, 1.807) is 6.92 Å². The monoisotopic (exact) mass is 324 g/mol. The molecule has 0 saturated carbocycles. The third-order valence-corrected chi connectivity index (χ3v) is 3.91. The van der Waals surface area contributed by atoms with Gasteiger partial charge in [-0.1, -0.05) is 0 Å². The summed E-state index contributed by atoms with van der Waals surface area (Å²) in [6.07, 6.45) is 0.333. The molecule has 124 valence electrons. The van der Waals surface area contributed by atoms with E-state index in [9.17, 15) is 18.8 Å². The van der Waals surface area contributed by atoms with Crippen molar-refractivity contribution in [2.45, 2.75) is 13.3 Å². The van der Waals surface area contributed by atoms with Crippen LogP contribution in [0.1, 0.15) is 23.7 Å². The molecule has 1 atom stereocenters. The van der Waals surface area contributed by atoms with Crippen LogP contribution in [0.15, 0.2) is 18.2 Å². The number of carbonyl (C=O) groups excluding carboxylic acids is 2. The first kappa shape index (κ1) is 16.7. The molecule has 1 aliphatic rings. The van der Waals surface area contributed by atoms with Crippen LogP contribution in [0.4, 0.5) is 14.9 Å². The number of urea groups is 1. The number of carboxylic acids is 1. The average Bonchev–Trinajstić information content (AvgIpc) is 2.92. The van der Waals surface area contributed by atoms with Crippen molar-refractivity contribution in [3.63, 3.8) is 0 Å². The third kappa shape index (κ3) is 3.41. The Morgan fingerprint density at radius 1 is 1.39 bits per heavy atom. The Kier molecular flexibility index (Phi) is 4.53. The Hall–Kier alpha value is -2.64. The molecule has 1 aromatic rings. The average molecular weight is 324 g/mol. The second-order valence-corrected chi connectivity index (χ2v) is 5.65. The summed E-state index contributed by atoms with van der Waals surface area (Å²) in [5.41, 5.74) is -1.06. The number of esters is 1. The fourth-order valence-electron chi connectivity index (χ4n) is 2.36. The zero-order valence-corrected chi connectivity index (χ0v) is 12.8. The molecule has 2 N–H and O–H groups in total. The minimum atomic E-state index is -0.995. The number of aliphatic carboxylic acids is 1. The van der Waals surface area contributed by atoms with Crippen molar-refractivity contribution in [1.29, 1.82) is 0 Å². The number of nitrogens with one attached hydrogen (secondary N) is 1. The van der Waals surface area contributed by atoms with Gasteiger partial charge in [-0.2, -0.15) is 0 Å². The highest BCUT2D eigenvalue weighted by Gasteiger charge is 2.42. The maximum absolute atomic E-state index is 13.9. The van der Waals surface area contributed by atoms with Crippen LogP contribution >= 0.6 is 0 Å². The molecule has 0 radical (unpaired) electrons. The zero-order chi connectivity index (χ0) is 17.2. The molecule has 1 unspecified atom stereocenters. The minimum Gasteiger partial charge on any atom is -0.481 e. The van der Waals surface area contributed by atoms with Gasteiger partial charge in [0.25, 0.3) is 0 Å². The summed E-state index contributed by atoms with van der Waals surface area (Å²) in [6.45, 7) is 1.89. The summed E-state index contributed by atoms with van der Waals surface area (Å²) in [4.78, 5) is 35.9. The molecule has 2 rings (SSSR count). The fraction of sp³-hybridized carbons (Fsp3) is 0.400. The predicted octanol–water partition coefficient (Wildman–Crippen LogP) is 1.94. The molecule has 0 aromatic heterocycles. The molecule has 0 aliphatic carbocycles. The number of benzene rings is 1. The minimum absolute atomic E-state index is 0.0302. The first-order valence-electron chi connectivity index (χ1n) is 6.94. The van der Waals surface area contributed by atoms with Crippen LogP contribution in [-0.4, -0.2) is 48.2 Å². The van der Waals surface area contributed by atoms with E-state index < -0.39 is 29.2 Å². The van der Waals surface area contributed by atoms with Gasteiger partial charge in [0.1, 0.15) is 5.82 Å².